The lowest BCUT2D eigenvalue weighted by molar-refractivity contribution is -0.137. The van der Waals surface area contributed by atoms with E-state index in [1.54, 1.807) is 65.9 Å². The molecule has 4 rings (SSSR count). The third kappa shape index (κ3) is 7.47. The van der Waals surface area contributed by atoms with E-state index < -0.39 is 5.97 Å². The van der Waals surface area contributed by atoms with Crippen molar-refractivity contribution in [1.29, 1.82) is 0 Å². The number of halogens is 2. The van der Waals surface area contributed by atoms with Crippen LogP contribution in [0.4, 0.5) is 0 Å². The number of hydrogen-bond acceptors (Lipinski definition) is 4. The Morgan fingerprint density at radius 3 is 2.21 bits per heavy atom. The summed E-state index contributed by atoms with van der Waals surface area (Å²) in [6.07, 6.45) is 0.217. The molecular formula is C30H26Cl2N2O4S. The standard InChI is InChI=1S/C30H26Cl2N2O4S/c31-21-12-11-20(27(32)18-21)13-15-34(16-14-28(35)36)30(38)26-10-4-2-8-24(26)23-7-1-3-9-25(23)29(37)33-19-22-6-5-17-39-22/h1-12,17-18H,13-16,19H2,(H,33,37)(H,35,36). The summed E-state index contributed by atoms with van der Waals surface area (Å²) in [7, 11) is 0. The zero-order valence-electron chi connectivity index (χ0n) is 20.9. The van der Waals surface area contributed by atoms with Crippen LogP contribution in [0, 0.1) is 0 Å². The number of benzene rings is 3. The van der Waals surface area contributed by atoms with Crippen molar-refractivity contribution in [3.05, 3.63) is 116 Å². The highest BCUT2D eigenvalue weighted by Crippen LogP contribution is 2.29. The summed E-state index contributed by atoms with van der Waals surface area (Å²) in [5.41, 5.74) is 2.83. The van der Waals surface area contributed by atoms with Gasteiger partial charge in [-0.25, -0.2) is 0 Å². The fourth-order valence-electron chi connectivity index (χ4n) is 4.19. The first-order valence-corrected chi connectivity index (χ1v) is 13.9. The van der Waals surface area contributed by atoms with E-state index in [9.17, 15) is 19.5 Å². The van der Waals surface area contributed by atoms with E-state index >= 15 is 0 Å². The number of carboxylic acids is 1. The fraction of sp³-hybridized carbons (Fsp3) is 0.167. The molecule has 0 saturated heterocycles. The molecule has 200 valence electrons. The normalized spacial score (nSPS) is 10.7. The van der Waals surface area contributed by atoms with Gasteiger partial charge in [0.25, 0.3) is 11.8 Å². The average Bonchev–Trinajstić information content (AvgIpc) is 3.46. The number of rotatable bonds is 11. The first kappa shape index (κ1) is 28.4. The van der Waals surface area contributed by atoms with E-state index in [2.05, 4.69) is 5.32 Å². The Bertz CT molecular complexity index is 1470. The highest BCUT2D eigenvalue weighted by molar-refractivity contribution is 7.09. The highest BCUT2D eigenvalue weighted by Gasteiger charge is 2.23. The summed E-state index contributed by atoms with van der Waals surface area (Å²) in [6.45, 7) is 0.684. The molecule has 0 fully saturated rings. The van der Waals surface area contributed by atoms with Gasteiger partial charge in [-0.2, -0.15) is 0 Å². The van der Waals surface area contributed by atoms with Crippen molar-refractivity contribution in [2.24, 2.45) is 0 Å². The van der Waals surface area contributed by atoms with Crippen LogP contribution in [-0.2, 0) is 17.8 Å². The quantitative estimate of drug-likeness (QED) is 0.204. The van der Waals surface area contributed by atoms with Crippen molar-refractivity contribution >= 4 is 52.3 Å². The number of carbonyl (C=O) groups is 3. The predicted molar refractivity (Wildman–Crippen MR) is 156 cm³/mol. The summed E-state index contributed by atoms with van der Waals surface area (Å²) in [5.74, 6) is -1.58. The zero-order chi connectivity index (χ0) is 27.8. The highest BCUT2D eigenvalue weighted by atomic mass is 35.5. The molecule has 0 spiro atoms. The molecule has 0 radical (unpaired) electrons. The van der Waals surface area contributed by atoms with Gasteiger partial charge in [0.2, 0.25) is 0 Å². The molecule has 2 N–H and O–H groups in total. The van der Waals surface area contributed by atoms with E-state index in [1.807, 2.05) is 29.6 Å². The number of aliphatic carboxylic acids is 1. The van der Waals surface area contributed by atoms with Crippen LogP contribution >= 0.6 is 34.5 Å². The molecule has 4 aromatic rings. The molecule has 0 aliphatic heterocycles. The number of hydrogen-bond donors (Lipinski definition) is 2. The lowest BCUT2D eigenvalue weighted by atomic mass is 9.94. The Balaban J connectivity index is 1.62. The molecule has 0 aliphatic carbocycles. The van der Waals surface area contributed by atoms with Crippen LogP contribution in [0.1, 0.15) is 37.6 Å². The van der Waals surface area contributed by atoms with E-state index in [1.165, 1.54) is 4.90 Å². The number of carboxylic acid groups (broad SMARTS) is 1. The molecule has 3 aromatic carbocycles. The third-order valence-corrected chi connectivity index (χ3v) is 7.63. The SMILES string of the molecule is O=C(O)CCN(CCc1ccc(Cl)cc1Cl)C(=O)c1ccccc1-c1ccccc1C(=O)NCc1cccs1. The summed E-state index contributed by atoms with van der Waals surface area (Å²) in [5, 5.41) is 15.2. The zero-order valence-corrected chi connectivity index (χ0v) is 23.2. The maximum absolute atomic E-state index is 13.9. The Labute approximate surface area is 240 Å². The average molecular weight is 582 g/mol. The molecule has 39 heavy (non-hydrogen) atoms. The Morgan fingerprint density at radius 1 is 0.846 bits per heavy atom. The first-order chi connectivity index (χ1) is 18.8. The topological polar surface area (TPSA) is 86.7 Å². The molecule has 0 bridgehead atoms. The van der Waals surface area contributed by atoms with Crippen LogP contribution in [-0.4, -0.2) is 40.9 Å². The van der Waals surface area contributed by atoms with Crippen LogP contribution in [0.5, 0.6) is 0 Å². The number of carbonyl (C=O) groups excluding carboxylic acids is 2. The number of thiophene rings is 1. The van der Waals surface area contributed by atoms with Crippen molar-refractivity contribution in [1.82, 2.24) is 10.2 Å². The van der Waals surface area contributed by atoms with Gasteiger partial charge in [0, 0.05) is 39.1 Å². The minimum atomic E-state index is -1.00. The molecule has 2 amide bonds. The first-order valence-electron chi connectivity index (χ1n) is 12.3. The maximum atomic E-state index is 13.9. The van der Waals surface area contributed by atoms with Crippen LogP contribution < -0.4 is 5.32 Å². The molecule has 0 aliphatic rings. The predicted octanol–water partition coefficient (Wildman–Crippen LogP) is 6.81. The van der Waals surface area contributed by atoms with Crippen molar-refractivity contribution in [2.75, 3.05) is 13.1 Å². The monoisotopic (exact) mass is 580 g/mol. The largest absolute Gasteiger partial charge is 0.481 e. The number of nitrogens with one attached hydrogen (secondary N) is 1. The summed E-state index contributed by atoms with van der Waals surface area (Å²) in [6, 6.07) is 23.2. The van der Waals surface area contributed by atoms with Gasteiger partial charge in [0.05, 0.1) is 13.0 Å². The maximum Gasteiger partial charge on any atom is 0.305 e. The van der Waals surface area contributed by atoms with Crippen molar-refractivity contribution in [3.8, 4) is 11.1 Å². The summed E-state index contributed by atoms with van der Waals surface area (Å²) in [4.78, 5) is 40.9. The number of nitrogens with zero attached hydrogens (tertiary/aromatic N) is 1. The van der Waals surface area contributed by atoms with Gasteiger partial charge < -0.3 is 15.3 Å². The minimum Gasteiger partial charge on any atom is -0.481 e. The lowest BCUT2D eigenvalue weighted by Gasteiger charge is -2.24. The molecule has 1 heterocycles. The summed E-state index contributed by atoms with van der Waals surface area (Å²) < 4.78 is 0. The van der Waals surface area contributed by atoms with E-state index in [0.29, 0.717) is 45.3 Å². The van der Waals surface area contributed by atoms with Crippen molar-refractivity contribution < 1.29 is 19.5 Å². The Kier molecular flexibility index (Phi) is 9.76. The smallest absolute Gasteiger partial charge is 0.305 e. The second kappa shape index (κ2) is 13.4. The minimum absolute atomic E-state index is 0.0245. The molecule has 0 saturated carbocycles. The molecule has 0 atom stereocenters. The van der Waals surface area contributed by atoms with E-state index in [0.717, 1.165) is 10.4 Å². The summed E-state index contributed by atoms with van der Waals surface area (Å²) >= 11 is 13.9. The van der Waals surface area contributed by atoms with Crippen molar-refractivity contribution in [2.45, 2.75) is 19.4 Å². The van der Waals surface area contributed by atoms with Gasteiger partial charge in [-0.15, -0.1) is 11.3 Å². The van der Waals surface area contributed by atoms with Crippen molar-refractivity contribution in [3.63, 3.8) is 0 Å². The second-order valence-electron chi connectivity index (χ2n) is 8.77. The second-order valence-corrected chi connectivity index (χ2v) is 10.7. The third-order valence-electron chi connectivity index (χ3n) is 6.17. The fourth-order valence-corrected chi connectivity index (χ4v) is 5.34. The lowest BCUT2D eigenvalue weighted by Crippen LogP contribution is -2.35. The van der Waals surface area contributed by atoms with Crippen LogP contribution in [0.3, 0.4) is 0 Å². The van der Waals surface area contributed by atoms with Crippen LogP contribution in [0.25, 0.3) is 11.1 Å². The molecular weight excluding hydrogens is 555 g/mol. The van der Waals surface area contributed by atoms with Gasteiger partial charge >= 0.3 is 5.97 Å². The number of amides is 2. The van der Waals surface area contributed by atoms with Gasteiger partial charge in [0.15, 0.2) is 0 Å². The molecule has 6 nitrogen and oxygen atoms in total. The van der Waals surface area contributed by atoms with E-state index in [4.69, 9.17) is 23.2 Å². The molecule has 0 unspecified atom stereocenters. The van der Waals surface area contributed by atoms with Gasteiger partial charge in [-0.05, 0) is 58.8 Å². The van der Waals surface area contributed by atoms with E-state index in [-0.39, 0.29) is 31.3 Å². The van der Waals surface area contributed by atoms with Crippen LogP contribution in [0.15, 0.2) is 84.2 Å². The van der Waals surface area contributed by atoms with Gasteiger partial charge in [-0.3, -0.25) is 14.4 Å². The van der Waals surface area contributed by atoms with Crippen LogP contribution in [0.2, 0.25) is 10.0 Å². The molecule has 1 aromatic heterocycles. The molecule has 9 heteroatoms. The Hall–Kier alpha value is -3.65. The Morgan fingerprint density at radius 2 is 1.54 bits per heavy atom. The van der Waals surface area contributed by atoms with Gasteiger partial charge in [0.1, 0.15) is 0 Å². The van der Waals surface area contributed by atoms with Gasteiger partial charge in [-0.1, -0.05) is 71.7 Å².